The Kier molecular flexibility index (Phi) is 10.1. The second-order valence-corrected chi connectivity index (χ2v) is 16.2. The number of fused-ring (bicyclic) bond motifs is 5. The molecule has 0 aromatic carbocycles. The van der Waals surface area contributed by atoms with Crippen LogP contribution in [0.2, 0.25) is 0 Å². The Labute approximate surface area is 246 Å². The van der Waals surface area contributed by atoms with Gasteiger partial charge in [0.05, 0.1) is 19.3 Å². The van der Waals surface area contributed by atoms with Gasteiger partial charge in [0.15, 0.2) is 0 Å². The number of hydrogen-bond donors (Lipinski definition) is 4. The fourth-order valence-electron chi connectivity index (χ4n) is 10.0. The molecule has 4 N–H and O–H groups in total. The number of rotatable bonds is 11. The highest BCUT2D eigenvalue weighted by Crippen LogP contribution is 2.68. The zero-order valence-electron chi connectivity index (χ0n) is 24.8. The molecule has 0 amide bonds. The van der Waals surface area contributed by atoms with Crippen molar-refractivity contribution in [3.63, 3.8) is 0 Å². The normalized spacial score (nSPS) is 40.6. The first-order valence-electron chi connectivity index (χ1n) is 15.3. The SMILES string of the molecule is CC(C)/C(=C/CO)CC[C@@H](COS(=O)(=O)O)[C@H]1CCC2C3CC[C@@H]4[C@H](O)[C@H](OS(=O)(=O)O)CC[C@]4(C)C3CC[C@@]21C. The second-order valence-electron chi connectivity index (χ2n) is 14.0. The van der Waals surface area contributed by atoms with Crippen LogP contribution in [0, 0.1) is 52.3 Å². The molecule has 3 unspecified atom stereocenters. The average Bonchev–Trinajstić information content (AvgIpc) is 3.21. The van der Waals surface area contributed by atoms with Crippen molar-refractivity contribution >= 4 is 20.8 Å². The van der Waals surface area contributed by atoms with Gasteiger partial charge in [-0.1, -0.05) is 39.3 Å². The topological polar surface area (TPSA) is 168 Å². The maximum absolute atomic E-state index is 11.6. The van der Waals surface area contributed by atoms with Crippen LogP contribution in [-0.2, 0) is 29.2 Å². The van der Waals surface area contributed by atoms with Gasteiger partial charge in [0, 0.05) is 0 Å². The largest absolute Gasteiger partial charge is 0.397 e. The monoisotopic (exact) mass is 622 g/mol. The van der Waals surface area contributed by atoms with E-state index in [1.165, 1.54) is 0 Å². The molecule has 4 fully saturated rings. The Balaban J connectivity index is 1.53. The average molecular weight is 623 g/mol. The molecule has 4 rings (SSSR count). The van der Waals surface area contributed by atoms with E-state index in [1.807, 2.05) is 6.08 Å². The van der Waals surface area contributed by atoms with Gasteiger partial charge >= 0.3 is 20.8 Å². The zero-order chi connectivity index (χ0) is 30.4. The summed E-state index contributed by atoms with van der Waals surface area (Å²) in [5.41, 5.74) is 0.960. The van der Waals surface area contributed by atoms with Crippen molar-refractivity contribution in [1.82, 2.24) is 0 Å². The van der Waals surface area contributed by atoms with Crippen molar-refractivity contribution in [2.75, 3.05) is 13.2 Å². The number of aliphatic hydroxyl groups excluding tert-OH is 2. The fourth-order valence-corrected chi connectivity index (χ4v) is 10.9. The van der Waals surface area contributed by atoms with E-state index in [2.05, 4.69) is 27.7 Å². The van der Waals surface area contributed by atoms with Gasteiger partial charge in [-0.15, -0.1) is 0 Å². The van der Waals surface area contributed by atoms with Crippen LogP contribution >= 0.6 is 0 Å². The lowest BCUT2D eigenvalue weighted by Gasteiger charge is -2.62. The van der Waals surface area contributed by atoms with Gasteiger partial charge < -0.3 is 10.2 Å². The molecule has 4 saturated carbocycles. The molecule has 4 aliphatic rings. The summed E-state index contributed by atoms with van der Waals surface area (Å²) in [5, 5.41) is 20.6. The van der Waals surface area contributed by atoms with Crippen LogP contribution in [-0.4, -0.2) is 61.6 Å². The molecule has 0 heterocycles. The summed E-state index contributed by atoms with van der Waals surface area (Å²) in [7, 11) is -9.21. The van der Waals surface area contributed by atoms with Gasteiger partial charge in [0.2, 0.25) is 0 Å². The van der Waals surface area contributed by atoms with Crippen molar-refractivity contribution in [3.8, 4) is 0 Å². The number of hydrogen-bond acceptors (Lipinski definition) is 8. The predicted octanol–water partition coefficient (Wildman–Crippen LogP) is 4.59. The molecule has 0 bridgehead atoms. The van der Waals surface area contributed by atoms with Crippen molar-refractivity contribution < 1.29 is 44.5 Å². The summed E-state index contributed by atoms with van der Waals surface area (Å²) in [6.45, 7) is 8.64. The first-order chi connectivity index (χ1) is 19.0. The van der Waals surface area contributed by atoms with Gasteiger partial charge in [-0.2, -0.15) is 16.8 Å². The molecule has 12 heteroatoms. The zero-order valence-corrected chi connectivity index (χ0v) is 26.4. The second kappa shape index (κ2) is 12.4. The molecule has 0 saturated heterocycles. The lowest BCUT2D eigenvalue weighted by atomic mass is 9.44. The molecule has 10 nitrogen and oxygen atoms in total. The molecule has 0 spiro atoms. The number of allylic oxidation sites excluding steroid dienone is 1. The van der Waals surface area contributed by atoms with E-state index in [0.717, 1.165) is 56.9 Å². The van der Waals surface area contributed by atoms with Crippen molar-refractivity contribution in [3.05, 3.63) is 11.6 Å². The van der Waals surface area contributed by atoms with E-state index in [4.69, 9.17) is 8.37 Å². The third-order valence-electron chi connectivity index (χ3n) is 11.9. The van der Waals surface area contributed by atoms with Gasteiger partial charge in [0.25, 0.3) is 0 Å². The van der Waals surface area contributed by atoms with Gasteiger partial charge in [-0.05, 0) is 116 Å². The molecule has 4 aliphatic carbocycles. The first kappa shape index (κ1) is 33.3. The molecular formula is C29H50O10S2. The summed E-state index contributed by atoms with van der Waals surface area (Å²) in [5.74, 6) is 1.60. The van der Waals surface area contributed by atoms with Crippen molar-refractivity contribution in [2.24, 2.45) is 52.3 Å². The molecule has 0 aromatic rings. The van der Waals surface area contributed by atoms with E-state index in [-0.39, 0.29) is 47.7 Å². The van der Waals surface area contributed by atoms with Gasteiger partial charge in [-0.3, -0.25) is 9.11 Å². The summed E-state index contributed by atoms with van der Waals surface area (Å²) < 4.78 is 74.3. The van der Waals surface area contributed by atoms with Gasteiger partial charge in [0.1, 0.15) is 6.10 Å². The van der Waals surface area contributed by atoms with Crippen LogP contribution in [0.1, 0.15) is 91.9 Å². The van der Waals surface area contributed by atoms with Gasteiger partial charge in [-0.25, -0.2) is 8.37 Å². The maximum Gasteiger partial charge on any atom is 0.397 e. The minimum Gasteiger partial charge on any atom is -0.392 e. The highest BCUT2D eigenvalue weighted by Gasteiger charge is 2.62. The molecule has 0 radical (unpaired) electrons. The highest BCUT2D eigenvalue weighted by atomic mass is 32.3. The third-order valence-corrected chi connectivity index (χ3v) is 12.8. The smallest absolute Gasteiger partial charge is 0.392 e. The predicted molar refractivity (Wildman–Crippen MR) is 153 cm³/mol. The van der Waals surface area contributed by atoms with E-state index in [0.29, 0.717) is 30.6 Å². The lowest BCUT2D eigenvalue weighted by molar-refractivity contribution is -0.171. The van der Waals surface area contributed by atoms with E-state index < -0.39 is 33.0 Å². The Morgan fingerprint density at radius 3 is 2.15 bits per heavy atom. The van der Waals surface area contributed by atoms with Crippen LogP contribution in [0.4, 0.5) is 0 Å². The Morgan fingerprint density at radius 2 is 1.54 bits per heavy atom. The number of aliphatic hydroxyl groups is 2. The Bertz CT molecular complexity index is 1170. The van der Waals surface area contributed by atoms with E-state index >= 15 is 0 Å². The van der Waals surface area contributed by atoms with Crippen molar-refractivity contribution in [2.45, 2.75) is 104 Å². The lowest BCUT2D eigenvalue weighted by Crippen LogP contribution is -2.59. The molecule has 0 aromatic heterocycles. The van der Waals surface area contributed by atoms with E-state index in [1.54, 1.807) is 0 Å². The van der Waals surface area contributed by atoms with Crippen LogP contribution in [0.3, 0.4) is 0 Å². The molecular weight excluding hydrogens is 572 g/mol. The molecule has 10 atom stereocenters. The van der Waals surface area contributed by atoms with Crippen LogP contribution in [0.25, 0.3) is 0 Å². The van der Waals surface area contributed by atoms with Crippen LogP contribution in [0.15, 0.2) is 11.6 Å². The summed E-state index contributed by atoms with van der Waals surface area (Å²) >= 11 is 0. The first-order valence-corrected chi connectivity index (χ1v) is 18.0. The standard InChI is InChI=1S/C29H50O10S2/c1-18(2)19(13-16-30)5-6-20(17-38-40(32,33)34)22-9-10-23-21-7-8-25-27(31)26(39-41(35,36)37)12-15-29(25,4)24(21)11-14-28(22,23)3/h13,18,20-27,30-31H,5-12,14-17H2,1-4H3,(H,32,33,34)(H,35,36,37)/b19-13+/t20-,21?,22+,23?,24?,25+,26+,27-,28+,29+/m0/s1. The summed E-state index contributed by atoms with van der Waals surface area (Å²) in [4.78, 5) is 0. The molecule has 41 heavy (non-hydrogen) atoms. The van der Waals surface area contributed by atoms with E-state index in [9.17, 15) is 36.2 Å². The molecule has 0 aliphatic heterocycles. The van der Waals surface area contributed by atoms with Crippen LogP contribution in [0.5, 0.6) is 0 Å². The quantitative estimate of drug-likeness (QED) is 0.189. The minimum atomic E-state index is -4.64. The maximum atomic E-state index is 11.6. The third kappa shape index (κ3) is 7.05. The van der Waals surface area contributed by atoms with Crippen molar-refractivity contribution in [1.29, 1.82) is 0 Å². The molecule has 238 valence electrons. The van der Waals surface area contributed by atoms with Crippen LogP contribution < -0.4 is 0 Å². The summed E-state index contributed by atoms with van der Waals surface area (Å²) in [6, 6.07) is 0. The highest BCUT2D eigenvalue weighted by molar-refractivity contribution is 7.81. The Morgan fingerprint density at radius 1 is 0.902 bits per heavy atom. The summed E-state index contributed by atoms with van der Waals surface area (Å²) in [6.07, 6.45) is 8.12. The fraction of sp³-hybridized carbons (Fsp3) is 0.931. The minimum absolute atomic E-state index is 0.0137. The Hall–Kier alpha value is -0.600.